The first kappa shape index (κ1) is 17.3. The maximum atomic E-state index is 12.0. The van der Waals surface area contributed by atoms with Gasteiger partial charge in [-0.25, -0.2) is 13.1 Å². The number of hydrogen-bond acceptors (Lipinski definition) is 6. The van der Waals surface area contributed by atoms with Crippen molar-refractivity contribution in [3.63, 3.8) is 0 Å². The molecule has 0 amide bonds. The van der Waals surface area contributed by atoms with E-state index < -0.39 is 14.9 Å². The van der Waals surface area contributed by atoms with Crippen LogP contribution in [0.15, 0.2) is 23.1 Å². The Morgan fingerprint density at radius 1 is 1.43 bits per heavy atom. The third-order valence-corrected chi connectivity index (χ3v) is 4.02. The molecule has 9 heteroatoms. The van der Waals surface area contributed by atoms with E-state index in [1.165, 1.54) is 0 Å². The van der Waals surface area contributed by atoms with Crippen molar-refractivity contribution in [2.24, 2.45) is 5.92 Å². The number of non-ortho nitro benzene ring substituents is 1. The van der Waals surface area contributed by atoms with Gasteiger partial charge in [0.05, 0.1) is 17.2 Å². The van der Waals surface area contributed by atoms with E-state index >= 15 is 0 Å². The molecule has 0 heterocycles. The second kappa shape index (κ2) is 7.34. The van der Waals surface area contributed by atoms with Crippen molar-refractivity contribution in [3.05, 3.63) is 28.3 Å². The van der Waals surface area contributed by atoms with E-state index in [0.717, 1.165) is 18.2 Å². The number of rotatable bonds is 8. The van der Waals surface area contributed by atoms with Crippen LogP contribution in [0.25, 0.3) is 0 Å². The highest BCUT2D eigenvalue weighted by molar-refractivity contribution is 7.89. The van der Waals surface area contributed by atoms with Crippen LogP contribution in [0.4, 0.5) is 11.4 Å². The molecule has 0 bridgehead atoms. The van der Waals surface area contributed by atoms with Crippen LogP contribution in [-0.2, 0) is 14.8 Å². The SMILES string of the molecule is CC(C)COCCNS(=O)(=O)c1ccc([N+](=O)[O-])cc1N. The van der Waals surface area contributed by atoms with Crippen LogP contribution < -0.4 is 10.5 Å². The lowest BCUT2D eigenvalue weighted by Crippen LogP contribution is -2.28. The molecule has 3 N–H and O–H groups in total. The molecule has 0 unspecified atom stereocenters. The molecule has 0 aliphatic carbocycles. The highest BCUT2D eigenvalue weighted by Gasteiger charge is 2.19. The number of nitro benzene ring substituents is 1. The highest BCUT2D eigenvalue weighted by Crippen LogP contribution is 2.23. The average molecular weight is 317 g/mol. The number of anilines is 1. The van der Waals surface area contributed by atoms with E-state index in [0.29, 0.717) is 12.5 Å². The zero-order valence-corrected chi connectivity index (χ0v) is 12.7. The summed E-state index contributed by atoms with van der Waals surface area (Å²) < 4.78 is 31.6. The van der Waals surface area contributed by atoms with Gasteiger partial charge in [-0.15, -0.1) is 0 Å². The van der Waals surface area contributed by atoms with Gasteiger partial charge in [-0.3, -0.25) is 10.1 Å². The van der Waals surface area contributed by atoms with Crippen LogP contribution >= 0.6 is 0 Å². The minimum atomic E-state index is -3.81. The molecule has 0 saturated heterocycles. The molecule has 0 saturated carbocycles. The normalized spacial score (nSPS) is 11.8. The number of nitrogens with one attached hydrogen (secondary N) is 1. The van der Waals surface area contributed by atoms with Crippen LogP contribution in [0.3, 0.4) is 0 Å². The minimum absolute atomic E-state index is 0.103. The summed E-state index contributed by atoms with van der Waals surface area (Å²) in [6.07, 6.45) is 0. The maximum absolute atomic E-state index is 12.0. The number of hydrogen-bond donors (Lipinski definition) is 2. The number of benzene rings is 1. The van der Waals surface area contributed by atoms with Crippen LogP contribution in [-0.4, -0.2) is 33.1 Å². The standard InChI is InChI=1S/C12H19N3O5S/c1-9(2)8-20-6-5-14-21(18,19)12-4-3-10(15(16)17)7-11(12)13/h3-4,7,9,14H,5-6,8,13H2,1-2H3. The lowest BCUT2D eigenvalue weighted by molar-refractivity contribution is -0.384. The second-order valence-corrected chi connectivity index (χ2v) is 6.58. The monoisotopic (exact) mass is 317 g/mol. The largest absolute Gasteiger partial charge is 0.397 e. The lowest BCUT2D eigenvalue weighted by Gasteiger charge is -2.10. The molecule has 1 rings (SSSR count). The smallest absolute Gasteiger partial charge is 0.271 e. The van der Waals surface area contributed by atoms with Gasteiger partial charge < -0.3 is 10.5 Å². The first-order valence-electron chi connectivity index (χ1n) is 6.35. The van der Waals surface area contributed by atoms with E-state index in [4.69, 9.17) is 10.5 Å². The van der Waals surface area contributed by atoms with Gasteiger partial charge in [0, 0.05) is 25.3 Å². The van der Waals surface area contributed by atoms with Gasteiger partial charge in [-0.1, -0.05) is 13.8 Å². The molecule has 0 atom stereocenters. The van der Waals surface area contributed by atoms with Gasteiger partial charge in [-0.05, 0) is 12.0 Å². The summed E-state index contributed by atoms with van der Waals surface area (Å²) in [5.41, 5.74) is 5.14. The quantitative estimate of drug-likeness (QED) is 0.320. The molecule has 0 aromatic heterocycles. The van der Waals surface area contributed by atoms with E-state index in [-0.39, 0.29) is 29.4 Å². The Morgan fingerprint density at radius 2 is 2.10 bits per heavy atom. The third-order valence-electron chi connectivity index (χ3n) is 2.48. The van der Waals surface area contributed by atoms with Crippen molar-refractivity contribution >= 4 is 21.4 Å². The Bertz CT molecular complexity index is 601. The zero-order chi connectivity index (χ0) is 16.0. The number of nitrogen functional groups attached to an aromatic ring is 1. The molecule has 0 radical (unpaired) electrons. The zero-order valence-electron chi connectivity index (χ0n) is 11.9. The molecule has 118 valence electrons. The summed E-state index contributed by atoms with van der Waals surface area (Å²) in [6.45, 7) is 4.86. The molecule has 21 heavy (non-hydrogen) atoms. The molecule has 0 aliphatic heterocycles. The predicted molar refractivity (Wildman–Crippen MR) is 78.4 cm³/mol. The summed E-state index contributed by atoms with van der Waals surface area (Å²) in [5, 5.41) is 10.6. The number of ether oxygens (including phenoxy) is 1. The summed E-state index contributed by atoms with van der Waals surface area (Å²) in [7, 11) is -3.81. The number of sulfonamides is 1. The molecule has 0 spiro atoms. The van der Waals surface area contributed by atoms with Crippen LogP contribution in [0.5, 0.6) is 0 Å². The van der Waals surface area contributed by atoms with Gasteiger partial charge in [0.15, 0.2) is 0 Å². The first-order valence-corrected chi connectivity index (χ1v) is 7.83. The number of nitro groups is 1. The van der Waals surface area contributed by atoms with E-state index in [2.05, 4.69) is 4.72 Å². The van der Waals surface area contributed by atoms with Crippen molar-refractivity contribution in [2.45, 2.75) is 18.7 Å². The van der Waals surface area contributed by atoms with Gasteiger partial charge in [0.2, 0.25) is 10.0 Å². The molecular formula is C12H19N3O5S. The van der Waals surface area contributed by atoms with E-state index in [1.807, 2.05) is 13.8 Å². The van der Waals surface area contributed by atoms with Crippen molar-refractivity contribution in [1.82, 2.24) is 4.72 Å². The average Bonchev–Trinajstić information content (AvgIpc) is 2.37. The summed E-state index contributed by atoms with van der Waals surface area (Å²) in [6, 6.07) is 3.23. The van der Waals surface area contributed by atoms with Crippen molar-refractivity contribution in [1.29, 1.82) is 0 Å². The topological polar surface area (TPSA) is 125 Å². The summed E-state index contributed by atoms with van der Waals surface area (Å²) >= 11 is 0. The molecule has 1 aromatic carbocycles. The fourth-order valence-electron chi connectivity index (χ4n) is 1.54. The fraction of sp³-hybridized carbons (Fsp3) is 0.500. The van der Waals surface area contributed by atoms with Crippen molar-refractivity contribution in [2.75, 3.05) is 25.5 Å². The Balaban J connectivity index is 2.68. The van der Waals surface area contributed by atoms with E-state index in [9.17, 15) is 18.5 Å². The van der Waals surface area contributed by atoms with Crippen molar-refractivity contribution in [3.8, 4) is 0 Å². The Labute approximate surface area is 123 Å². The summed E-state index contributed by atoms with van der Waals surface area (Å²) in [5.74, 6) is 0.368. The predicted octanol–water partition coefficient (Wildman–Crippen LogP) is 1.13. The highest BCUT2D eigenvalue weighted by atomic mass is 32.2. The summed E-state index contributed by atoms with van der Waals surface area (Å²) in [4.78, 5) is 9.76. The second-order valence-electron chi connectivity index (χ2n) is 4.85. The van der Waals surface area contributed by atoms with Crippen molar-refractivity contribution < 1.29 is 18.1 Å². The number of nitrogens with two attached hydrogens (primary N) is 1. The van der Waals surface area contributed by atoms with E-state index in [1.54, 1.807) is 0 Å². The van der Waals surface area contributed by atoms with Crippen LogP contribution in [0.1, 0.15) is 13.8 Å². The Hall–Kier alpha value is -1.71. The molecule has 1 aromatic rings. The molecule has 8 nitrogen and oxygen atoms in total. The molecule has 0 fully saturated rings. The Morgan fingerprint density at radius 3 is 2.62 bits per heavy atom. The van der Waals surface area contributed by atoms with Gasteiger partial charge in [0.1, 0.15) is 4.90 Å². The third kappa shape index (κ3) is 5.29. The van der Waals surface area contributed by atoms with Gasteiger partial charge in [0.25, 0.3) is 5.69 Å². The molecular weight excluding hydrogens is 298 g/mol. The number of nitrogens with zero attached hydrogens (tertiary/aromatic N) is 1. The Kier molecular flexibility index (Phi) is 6.06. The fourth-order valence-corrected chi connectivity index (χ4v) is 2.66. The van der Waals surface area contributed by atoms with Crippen LogP contribution in [0.2, 0.25) is 0 Å². The minimum Gasteiger partial charge on any atom is -0.397 e. The van der Waals surface area contributed by atoms with Crippen LogP contribution in [0, 0.1) is 16.0 Å². The first-order chi connectivity index (χ1) is 9.74. The lowest BCUT2D eigenvalue weighted by atomic mass is 10.2. The maximum Gasteiger partial charge on any atom is 0.271 e. The van der Waals surface area contributed by atoms with Gasteiger partial charge >= 0.3 is 0 Å². The molecule has 0 aliphatic rings. The van der Waals surface area contributed by atoms with Gasteiger partial charge in [-0.2, -0.15) is 0 Å².